The Bertz CT molecular complexity index is 1360. The molecule has 0 N–H and O–H groups in total. The van der Waals surface area contributed by atoms with Gasteiger partial charge in [-0.25, -0.2) is 4.79 Å². The monoisotopic (exact) mass is 451 g/mol. The average Bonchev–Trinajstić information content (AvgIpc) is 3.10. The summed E-state index contributed by atoms with van der Waals surface area (Å²) in [7, 11) is 3.08. The number of ketones is 1. The minimum Gasteiger partial charge on any atom is -0.337 e. The number of hydrogen-bond acceptors (Lipinski definition) is 3. The van der Waals surface area contributed by atoms with Crippen LogP contribution in [0, 0.1) is 0 Å². The van der Waals surface area contributed by atoms with Gasteiger partial charge in [-0.15, -0.1) is 0 Å². The van der Waals surface area contributed by atoms with Gasteiger partial charge in [0.05, 0.1) is 23.1 Å². The van der Waals surface area contributed by atoms with Gasteiger partial charge in [0.1, 0.15) is 0 Å². The van der Waals surface area contributed by atoms with Crippen molar-refractivity contribution in [2.24, 2.45) is 14.1 Å². The maximum absolute atomic E-state index is 13.0. The maximum atomic E-state index is 13.0. The predicted molar refractivity (Wildman–Crippen MR) is 116 cm³/mol. The van der Waals surface area contributed by atoms with E-state index in [1.165, 1.54) is 11.6 Å². The van der Waals surface area contributed by atoms with Crippen molar-refractivity contribution in [3.8, 4) is 11.3 Å². The Labute approximate surface area is 174 Å². The highest BCUT2D eigenvalue weighted by Crippen LogP contribution is 2.33. The maximum Gasteiger partial charge on any atom is 0.330 e. The Kier molecular flexibility index (Phi) is 4.84. The van der Waals surface area contributed by atoms with Crippen molar-refractivity contribution >= 4 is 32.6 Å². The minimum absolute atomic E-state index is 0.0483. The molecule has 0 atom stereocenters. The number of rotatable bonds is 4. The van der Waals surface area contributed by atoms with Crippen LogP contribution < -0.4 is 11.2 Å². The van der Waals surface area contributed by atoms with Crippen LogP contribution in [0.1, 0.15) is 10.4 Å². The molecule has 0 saturated heterocycles. The summed E-state index contributed by atoms with van der Waals surface area (Å²) in [6.07, 6.45) is 1.70. The lowest BCUT2D eigenvalue weighted by Crippen LogP contribution is -2.36. The number of aromatic nitrogens is 3. The lowest BCUT2D eigenvalue weighted by Gasteiger charge is -2.11. The lowest BCUT2D eigenvalue weighted by atomic mass is 10.1. The van der Waals surface area contributed by atoms with E-state index in [2.05, 4.69) is 15.9 Å². The van der Waals surface area contributed by atoms with Crippen molar-refractivity contribution in [3.05, 3.63) is 91.7 Å². The molecule has 2 aromatic carbocycles. The zero-order valence-corrected chi connectivity index (χ0v) is 17.5. The molecule has 2 aromatic heterocycles. The van der Waals surface area contributed by atoms with Crippen molar-refractivity contribution in [3.63, 3.8) is 0 Å². The number of nitrogens with zero attached hydrogens (tertiary/aromatic N) is 3. The van der Waals surface area contributed by atoms with E-state index < -0.39 is 5.69 Å². The topological polar surface area (TPSA) is 66.0 Å². The second-order valence-corrected chi connectivity index (χ2v) is 7.69. The number of halogens is 1. The standard InChI is InChI=1S/C22H18BrN3O3/c1-24-17-12-26(13-18(27)14-8-4-3-5-9-14)20(15-10-6-7-11-16(15)23)19(17)21(28)25(2)22(24)29/h3-12H,13H2,1-2H3. The fourth-order valence-corrected chi connectivity index (χ4v) is 4.00. The minimum atomic E-state index is -0.410. The molecule has 0 spiro atoms. The van der Waals surface area contributed by atoms with Crippen LogP contribution in [0.3, 0.4) is 0 Å². The molecule has 4 aromatic rings. The Balaban J connectivity index is 2.03. The second-order valence-electron chi connectivity index (χ2n) is 6.84. The van der Waals surface area contributed by atoms with E-state index in [0.29, 0.717) is 22.2 Å². The van der Waals surface area contributed by atoms with Gasteiger partial charge in [-0.1, -0.05) is 64.5 Å². The Morgan fingerprint density at radius 1 is 0.931 bits per heavy atom. The Morgan fingerprint density at radius 3 is 2.28 bits per heavy atom. The van der Waals surface area contributed by atoms with Crippen LogP contribution in [0.15, 0.2) is 74.9 Å². The number of aryl methyl sites for hydroxylation is 1. The average molecular weight is 452 g/mol. The van der Waals surface area contributed by atoms with E-state index in [1.54, 1.807) is 29.9 Å². The molecule has 2 heterocycles. The molecule has 0 aliphatic heterocycles. The van der Waals surface area contributed by atoms with E-state index in [-0.39, 0.29) is 17.9 Å². The van der Waals surface area contributed by atoms with Crippen LogP contribution >= 0.6 is 15.9 Å². The van der Waals surface area contributed by atoms with E-state index in [9.17, 15) is 14.4 Å². The molecule has 0 fully saturated rings. The molecule has 0 saturated carbocycles. The van der Waals surface area contributed by atoms with Gasteiger partial charge in [-0.3, -0.25) is 18.7 Å². The van der Waals surface area contributed by atoms with Crippen molar-refractivity contribution in [1.29, 1.82) is 0 Å². The third-order valence-electron chi connectivity index (χ3n) is 5.05. The summed E-state index contributed by atoms with van der Waals surface area (Å²) in [5.41, 5.74) is 1.66. The van der Waals surface area contributed by atoms with Gasteiger partial charge in [0.25, 0.3) is 5.56 Å². The van der Waals surface area contributed by atoms with E-state index in [4.69, 9.17) is 0 Å². The number of Topliss-reactive ketones (excluding diaryl/α,β-unsaturated/α-hetero) is 1. The summed E-state index contributed by atoms with van der Waals surface area (Å²) in [6.45, 7) is 0.0483. The summed E-state index contributed by atoms with van der Waals surface area (Å²) in [6, 6.07) is 16.5. The zero-order valence-electron chi connectivity index (χ0n) is 15.9. The first-order valence-corrected chi connectivity index (χ1v) is 9.81. The van der Waals surface area contributed by atoms with Crippen LogP contribution in [0.4, 0.5) is 0 Å². The smallest absolute Gasteiger partial charge is 0.330 e. The molecule has 0 amide bonds. The fourth-order valence-electron chi connectivity index (χ4n) is 3.53. The summed E-state index contributed by atoms with van der Waals surface area (Å²) in [4.78, 5) is 38.3. The molecule has 4 rings (SSSR count). The molecule has 0 aliphatic carbocycles. The number of benzene rings is 2. The molecule has 146 valence electrons. The van der Waals surface area contributed by atoms with Gasteiger partial charge in [0.2, 0.25) is 0 Å². The SMILES string of the molecule is Cn1c(=O)c2c(-c3ccccc3Br)n(CC(=O)c3ccccc3)cc2n(C)c1=O. The van der Waals surface area contributed by atoms with Crippen LogP contribution in [0.25, 0.3) is 22.2 Å². The normalized spacial score (nSPS) is 11.1. The molecule has 0 radical (unpaired) electrons. The van der Waals surface area contributed by atoms with Crippen molar-refractivity contribution in [2.75, 3.05) is 0 Å². The van der Waals surface area contributed by atoms with E-state index in [0.717, 1.165) is 14.6 Å². The number of hydrogen-bond donors (Lipinski definition) is 0. The van der Waals surface area contributed by atoms with Gasteiger partial charge in [0.15, 0.2) is 5.78 Å². The molecule has 7 heteroatoms. The summed E-state index contributed by atoms with van der Waals surface area (Å²) in [5.74, 6) is -0.0824. The number of carbonyl (C=O) groups is 1. The van der Waals surface area contributed by atoms with Gasteiger partial charge >= 0.3 is 5.69 Å². The summed E-state index contributed by atoms with van der Waals surface area (Å²) < 4.78 is 5.07. The Hall–Kier alpha value is -3.19. The molecule has 0 bridgehead atoms. The third-order valence-corrected chi connectivity index (χ3v) is 5.74. The molecule has 6 nitrogen and oxygen atoms in total. The van der Waals surface area contributed by atoms with Crippen molar-refractivity contribution in [2.45, 2.75) is 6.54 Å². The van der Waals surface area contributed by atoms with E-state index in [1.807, 2.05) is 42.5 Å². The van der Waals surface area contributed by atoms with Gasteiger partial charge in [-0.2, -0.15) is 0 Å². The second kappa shape index (κ2) is 7.33. The first-order valence-electron chi connectivity index (χ1n) is 9.02. The van der Waals surface area contributed by atoms with Crippen molar-refractivity contribution in [1.82, 2.24) is 13.7 Å². The first-order chi connectivity index (χ1) is 13.9. The number of fused-ring (bicyclic) bond motifs is 1. The third kappa shape index (κ3) is 3.17. The molecular formula is C22H18BrN3O3. The predicted octanol–water partition coefficient (Wildman–Crippen LogP) is 3.35. The summed E-state index contributed by atoms with van der Waals surface area (Å²) >= 11 is 3.55. The van der Waals surface area contributed by atoms with Gasteiger partial charge < -0.3 is 4.57 Å². The largest absolute Gasteiger partial charge is 0.337 e. The van der Waals surface area contributed by atoms with E-state index >= 15 is 0 Å². The van der Waals surface area contributed by atoms with Crippen LogP contribution in [0.5, 0.6) is 0 Å². The van der Waals surface area contributed by atoms with Crippen molar-refractivity contribution < 1.29 is 4.79 Å². The van der Waals surface area contributed by atoms with Crippen LogP contribution in [-0.2, 0) is 20.6 Å². The molecule has 0 aliphatic rings. The highest BCUT2D eigenvalue weighted by molar-refractivity contribution is 9.10. The Morgan fingerprint density at radius 2 is 1.59 bits per heavy atom. The fraction of sp³-hybridized carbons (Fsp3) is 0.136. The first kappa shape index (κ1) is 19.1. The van der Waals surface area contributed by atoms with Gasteiger partial charge in [-0.05, 0) is 6.07 Å². The number of carbonyl (C=O) groups excluding carboxylic acids is 1. The highest BCUT2D eigenvalue weighted by atomic mass is 79.9. The van der Waals surface area contributed by atoms with Crippen LogP contribution in [-0.4, -0.2) is 19.5 Å². The zero-order chi connectivity index (χ0) is 20.7. The van der Waals surface area contributed by atoms with Crippen LogP contribution in [0.2, 0.25) is 0 Å². The lowest BCUT2D eigenvalue weighted by molar-refractivity contribution is 0.0973. The molecular weight excluding hydrogens is 434 g/mol. The molecule has 0 unspecified atom stereocenters. The van der Waals surface area contributed by atoms with Gasteiger partial charge in [0, 0.05) is 35.9 Å². The quantitative estimate of drug-likeness (QED) is 0.446. The highest BCUT2D eigenvalue weighted by Gasteiger charge is 2.22. The summed E-state index contributed by atoms with van der Waals surface area (Å²) in [5, 5.41) is 0.405. The molecule has 29 heavy (non-hydrogen) atoms.